The van der Waals surface area contributed by atoms with Crippen LogP contribution in [0.3, 0.4) is 0 Å². The first-order chi connectivity index (χ1) is 8.57. The van der Waals surface area contributed by atoms with Crippen LogP contribution in [0.2, 0.25) is 0 Å². The number of carbonyl (C=O) groups excluding carboxylic acids is 1. The van der Waals surface area contributed by atoms with Crippen LogP contribution in [0.1, 0.15) is 51.9 Å². The summed E-state index contributed by atoms with van der Waals surface area (Å²) in [5, 5.41) is 9.05. The first kappa shape index (κ1) is 14.7. The minimum Gasteiger partial charge on any atom is -0.481 e. The van der Waals surface area contributed by atoms with E-state index in [4.69, 9.17) is 9.84 Å². The average molecular weight is 254 g/mol. The van der Waals surface area contributed by atoms with Gasteiger partial charge in [-0.2, -0.15) is 0 Å². The van der Waals surface area contributed by atoms with Crippen LogP contribution in [0.5, 0.6) is 0 Å². The van der Waals surface area contributed by atoms with Crippen molar-refractivity contribution in [1.82, 2.24) is 0 Å². The predicted octanol–water partition coefficient (Wildman–Crippen LogP) is 2.92. The van der Waals surface area contributed by atoms with Crippen LogP contribution in [0, 0.1) is 5.92 Å². The van der Waals surface area contributed by atoms with Crippen molar-refractivity contribution in [3.63, 3.8) is 0 Å². The molecule has 0 aliphatic carbocycles. The van der Waals surface area contributed by atoms with Gasteiger partial charge in [0.2, 0.25) is 0 Å². The van der Waals surface area contributed by atoms with E-state index in [-0.39, 0.29) is 5.57 Å². The van der Waals surface area contributed by atoms with Gasteiger partial charge < -0.3 is 9.84 Å². The summed E-state index contributed by atoms with van der Waals surface area (Å²) in [5.74, 6) is -2.42. The fourth-order valence-electron chi connectivity index (χ4n) is 2.29. The monoisotopic (exact) mass is 254 g/mol. The summed E-state index contributed by atoms with van der Waals surface area (Å²) in [7, 11) is 0. The summed E-state index contributed by atoms with van der Waals surface area (Å²) < 4.78 is 5.06. The lowest BCUT2D eigenvalue weighted by Gasteiger charge is -2.13. The highest BCUT2D eigenvalue weighted by atomic mass is 16.6. The Balaban J connectivity index is 2.30. The molecule has 0 bridgehead atoms. The zero-order valence-corrected chi connectivity index (χ0v) is 11.0. The molecule has 18 heavy (non-hydrogen) atoms. The number of ether oxygens (including phenoxy) is 1. The third-order valence-electron chi connectivity index (χ3n) is 3.38. The molecule has 0 amide bonds. The van der Waals surface area contributed by atoms with Gasteiger partial charge in [0.25, 0.3) is 0 Å². The molecular weight excluding hydrogens is 232 g/mol. The van der Waals surface area contributed by atoms with Gasteiger partial charge in [0, 0.05) is 5.57 Å². The Bertz CT molecular complexity index is 322. The molecule has 0 unspecified atom stereocenters. The maximum atomic E-state index is 11.3. The Morgan fingerprint density at radius 2 is 1.89 bits per heavy atom. The molecular formula is C14H22O4. The molecule has 1 saturated heterocycles. The normalized spacial score (nSPS) is 23.2. The van der Waals surface area contributed by atoms with Crippen molar-refractivity contribution in [2.45, 2.75) is 58.0 Å². The molecule has 0 aromatic carbocycles. The van der Waals surface area contributed by atoms with Crippen molar-refractivity contribution in [2.75, 3.05) is 0 Å². The van der Waals surface area contributed by atoms with Crippen molar-refractivity contribution in [3.05, 3.63) is 12.2 Å². The van der Waals surface area contributed by atoms with Crippen molar-refractivity contribution in [1.29, 1.82) is 0 Å². The number of carboxylic acids is 1. The van der Waals surface area contributed by atoms with E-state index in [1.165, 1.54) is 19.3 Å². The van der Waals surface area contributed by atoms with Gasteiger partial charge in [-0.15, -0.1) is 0 Å². The smallest absolute Gasteiger partial charge is 0.334 e. The number of aliphatic carboxylic acids is 1. The highest BCUT2D eigenvalue weighted by Gasteiger charge is 2.42. The molecule has 102 valence electrons. The van der Waals surface area contributed by atoms with E-state index in [2.05, 4.69) is 13.5 Å². The number of esters is 1. The van der Waals surface area contributed by atoms with Crippen LogP contribution in [0.25, 0.3) is 0 Å². The molecule has 0 aromatic heterocycles. The minimum atomic E-state index is -1.01. The first-order valence-electron chi connectivity index (χ1n) is 6.70. The summed E-state index contributed by atoms with van der Waals surface area (Å²) in [6.07, 6.45) is 6.89. The maximum absolute atomic E-state index is 11.3. The summed E-state index contributed by atoms with van der Waals surface area (Å²) in [6, 6.07) is 0. The number of unbranched alkanes of at least 4 members (excludes halogenated alkanes) is 5. The van der Waals surface area contributed by atoms with Gasteiger partial charge in [0.1, 0.15) is 12.0 Å². The highest BCUT2D eigenvalue weighted by Crippen LogP contribution is 2.30. The molecule has 1 aliphatic heterocycles. The van der Waals surface area contributed by atoms with Crippen LogP contribution in [0.15, 0.2) is 12.2 Å². The number of carbonyl (C=O) groups is 2. The predicted molar refractivity (Wildman–Crippen MR) is 68.1 cm³/mol. The van der Waals surface area contributed by atoms with E-state index in [0.717, 1.165) is 19.3 Å². The summed E-state index contributed by atoms with van der Waals surface area (Å²) in [4.78, 5) is 22.3. The second kappa shape index (κ2) is 7.19. The molecule has 0 radical (unpaired) electrons. The van der Waals surface area contributed by atoms with Crippen LogP contribution >= 0.6 is 0 Å². The Morgan fingerprint density at radius 1 is 1.28 bits per heavy atom. The van der Waals surface area contributed by atoms with E-state index in [1.54, 1.807) is 0 Å². The SMILES string of the molecule is C=C1C(=O)O[C@H](CCCCCCCC)[C@@H]1C(=O)O. The number of cyclic esters (lactones) is 1. The maximum Gasteiger partial charge on any atom is 0.334 e. The summed E-state index contributed by atoms with van der Waals surface area (Å²) in [5.41, 5.74) is 0.0819. The third-order valence-corrected chi connectivity index (χ3v) is 3.38. The first-order valence-corrected chi connectivity index (χ1v) is 6.70. The molecule has 4 heteroatoms. The molecule has 1 aliphatic rings. The van der Waals surface area contributed by atoms with Gasteiger partial charge in [-0.1, -0.05) is 45.6 Å². The Morgan fingerprint density at radius 3 is 2.50 bits per heavy atom. The molecule has 1 fully saturated rings. The Hall–Kier alpha value is -1.32. The average Bonchev–Trinajstić information content (AvgIpc) is 2.59. The van der Waals surface area contributed by atoms with Crippen molar-refractivity contribution < 1.29 is 19.4 Å². The van der Waals surface area contributed by atoms with Crippen molar-refractivity contribution in [3.8, 4) is 0 Å². The number of carboxylic acid groups (broad SMARTS) is 1. The fourth-order valence-corrected chi connectivity index (χ4v) is 2.29. The highest BCUT2D eigenvalue weighted by molar-refractivity contribution is 5.97. The summed E-state index contributed by atoms with van der Waals surface area (Å²) >= 11 is 0. The third kappa shape index (κ3) is 3.86. The second-order valence-electron chi connectivity index (χ2n) is 4.84. The van der Waals surface area contributed by atoms with Crippen LogP contribution in [0.4, 0.5) is 0 Å². The van der Waals surface area contributed by atoms with E-state index >= 15 is 0 Å². The topological polar surface area (TPSA) is 63.6 Å². The Labute approximate surface area is 108 Å². The van der Waals surface area contributed by atoms with E-state index in [1.807, 2.05) is 0 Å². The van der Waals surface area contributed by atoms with Gasteiger partial charge in [0.05, 0.1) is 0 Å². The van der Waals surface area contributed by atoms with Gasteiger partial charge in [-0.05, 0) is 12.8 Å². The minimum absolute atomic E-state index is 0.0819. The van der Waals surface area contributed by atoms with Gasteiger partial charge in [0.15, 0.2) is 0 Å². The lowest BCUT2D eigenvalue weighted by Crippen LogP contribution is -2.24. The van der Waals surface area contributed by atoms with Crippen LogP contribution in [-0.4, -0.2) is 23.1 Å². The van der Waals surface area contributed by atoms with E-state index < -0.39 is 24.0 Å². The van der Waals surface area contributed by atoms with Gasteiger partial charge in [-0.25, -0.2) is 4.79 Å². The number of hydrogen-bond donors (Lipinski definition) is 1. The molecule has 0 aromatic rings. The molecule has 1 rings (SSSR count). The lowest BCUT2D eigenvalue weighted by atomic mass is 9.93. The van der Waals surface area contributed by atoms with Crippen LogP contribution in [-0.2, 0) is 14.3 Å². The molecule has 2 atom stereocenters. The van der Waals surface area contributed by atoms with E-state index in [0.29, 0.717) is 6.42 Å². The second-order valence-corrected chi connectivity index (χ2v) is 4.84. The molecule has 1 heterocycles. The number of hydrogen-bond acceptors (Lipinski definition) is 3. The lowest BCUT2D eigenvalue weighted by molar-refractivity contribution is -0.144. The fraction of sp³-hybridized carbons (Fsp3) is 0.714. The largest absolute Gasteiger partial charge is 0.481 e. The molecule has 4 nitrogen and oxygen atoms in total. The standard InChI is InChI=1S/C14H22O4/c1-3-4-5-6-7-8-9-11-12(13(15)16)10(2)14(17)18-11/h11-12H,2-9H2,1H3,(H,15,16)/t11-,12-/m1/s1. The van der Waals surface area contributed by atoms with Crippen molar-refractivity contribution >= 4 is 11.9 Å². The molecule has 1 N–H and O–H groups in total. The molecule has 0 saturated carbocycles. The number of rotatable bonds is 8. The van der Waals surface area contributed by atoms with Crippen molar-refractivity contribution in [2.24, 2.45) is 5.92 Å². The zero-order valence-electron chi connectivity index (χ0n) is 11.0. The van der Waals surface area contributed by atoms with Gasteiger partial charge >= 0.3 is 11.9 Å². The Kier molecular flexibility index (Phi) is 5.89. The zero-order chi connectivity index (χ0) is 13.5. The van der Waals surface area contributed by atoms with E-state index in [9.17, 15) is 9.59 Å². The van der Waals surface area contributed by atoms with Gasteiger partial charge in [-0.3, -0.25) is 4.79 Å². The van der Waals surface area contributed by atoms with Crippen LogP contribution < -0.4 is 0 Å². The summed E-state index contributed by atoms with van der Waals surface area (Å²) in [6.45, 7) is 5.67. The molecule has 0 spiro atoms. The quantitative estimate of drug-likeness (QED) is 0.411.